The van der Waals surface area contributed by atoms with E-state index < -0.39 is 0 Å². The van der Waals surface area contributed by atoms with Gasteiger partial charge in [0.05, 0.1) is 0 Å². The summed E-state index contributed by atoms with van der Waals surface area (Å²) in [5.74, 6) is 0.755. The number of aliphatic imine (C=N–C) groups is 1. The average Bonchev–Trinajstić information content (AvgIpc) is 2.55. The van der Waals surface area contributed by atoms with E-state index in [1.807, 2.05) is 31.2 Å². The highest BCUT2D eigenvalue weighted by molar-refractivity contribution is 5.94. The summed E-state index contributed by atoms with van der Waals surface area (Å²) in [6.45, 7) is 6.30. The Morgan fingerprint density at radius 2 is 1.95 bits per heavy atom. The molecule has 3 N–H and O–H groups in total. The number of rotatable bonds is 8. The van der Waals surface area contributed by atoms with Crippen molar-refractivity contribution in [3.05, 3.63) is 35.4 Å². The summed E-state index contributed by atoms with van der Waals surface area (Å²) in [5, 5.41) is 9.37. The fraction of sp³-hybridized carbons (Fsp3) is 0.529. The lowest BCUT2D eigenvalue weighted by atomic mass is 10.1. The highest BCUT2D eigenvalue weighted by atomic mass is 16.1. The monoisotopic (exact) mass is 304 g/mol. The van der Waals surface area contributed by atoms with E-state index in [0.717, 1.165) is 24.5 Å². The molecule has 5 heteroatoms. The highest BCUT2D eigenvalue weighted by Gasteiger charge is 2.05. The number of hydrogen-bond donors (Lipinski definition) is 3. The Labute approximate surface area is 133 Å². The largest absolute Gasteiger partial charge is 0.356 e. The number of amides is 1. The maximum absolute atomic E-state index is 11.8. The zero-order valence-corrected chi connectivity index (χ0v) is 13.9. The maximum atomic E-state index is 11.8. The molecule has 0 fully saturated rings. The van der Waals surface area contributed by atoms with Crippen LogP contribution in [0.4, 0.5) is 0 Å². The maximum Gasteiger partial charge on any atom is 0.251 e. The van der Waals surface area contributed by atoms with Gasteiger partial charge in [-0.3, -0.25) is 9.79 Å². The van der Waals surface area contributed by atoms with Crippen LogP contribution >= 0.6 is 0 Å². The van der Waals surface area contributed by atoms with Crippen LogP contribution in [-0.4, -0.2) is 32.0 Å². The second-order valence-electron chi connectivity index (χ2n) is 5.12. The van der Waals surface area contributed by atoms with E-state index >= 15 is 0 Å². The van der Waals surface area contributed by atoms with Crippen LogP contribution in [0.2, 0.25) is 0 Å². The molecule has 5 nitrogen and oxygen atoms in total. The van der Waals surface area contributed by atoms with Crippen LogP contribution in [0.3, 0.4) is 0 Å². The SMILES string of the molecule is CCCCCNC(=NC)NCc1cccc(C(=O)NCC)c1. The molecule has 1 amide bonds. The summed E-state index contributed by atoms with van der Waals surface area (Å²) < 4.78 is 0. The van der Waals surface area contributed by atoms with Gasteiger partial charge in [0.25, 0.3) is 5.91 Å². The molecule has 0 atom stereocenters. The van der Waals surface area contributed by atoms with Crippen molar-refractivity contribution in [2.24, 2.45) is 4.99 Å². The van der Waals surface area contributed by atoms with Gasteiger partial charge in [-0.2, -0.15) is 0 Å². The third kappa shape index (κ3) is 6.61. The number of unbranched alkanes of at least 4 members (excludes halogenated alkanes) is 2. The van der Waals surface area contributed by atoms with Crippen LogP contribution in [0.25, 0.3) is 0 Å². The molecule has 1 rings (SSSR count). The summed E-state index contributed by atoms with van der Waals surface area (Å²) in [7, 11) is 1.76. The molecule has 0 aliphatic heterocycles. The van der Waals surface area contributed by atoms with Crippen molar-refractivity contribution in [2.45, 2.75) is 39.7 Å². The molecule has 0 spiro atoms. The molecule has 1 aromatic carbocycles. The molecule has 1 aromatic rings. The minimum atomic E-state index is -0.0357. The molecular weight excluding hydrogens is 276 g/mol. The number of hydrogen-bond acceptors (Lipinski definition) is 2. The van der Waals surface area contributed by atoms with E-state index in [1.165, 1.54) is 12.8 Å². The standard InChI is InChI=1S/C17H28N4O/c1-4-6-7-11-20-17(18-3)21-13-14-9-8-10-15(12-14)16(22)19-5-2/h8-10,12H,4-7,11,13H2,1-3H3,(H,19,22)(H2,18,20,21). The van der Waals surface area contributed by atoms with Gasteiger partial charge in [0, 0.05) is 32.2 Å². The first-order valence-corrected chi connectivity index (χ1v) is 8.02. The van der Waals surface area contributed by atoms with Crippen molar-refractivity contribution < 1.29 is 4.79 Å². The molecular formula is C17H28N4O. The number of benzene rings is 1. The Balaban J connectivity index is 2.49. The number of nitrogens with zero attached hydrogens (tertiary/aromatic N) is 1. The van der Waals surface area contributed by atoms with Gasteiger partial charge < -0.3 is 16.0 Å². The molecule has 0 saturated heterocycles. The van der Waals surface area contributed by atoms with Gasteiger partial charge in [-0.15, -0.1) is 0 Å². The predicted octanol–water partition coefficient (Wildman–Crippen LogP) is 2.29. The summed E-state index contributed by atoms with van der Waals surface area (Å²) >= 11 is 0. The summed E-state index contributed by atoms with van der Waals surface area (Å²) in [6.07, 6.45) is 3.57. The predicted molar refractivity (Wildman–Crippen MR) is 92.2 cm³/mol. The summed E-state index contributed by atoms with van der Waals surface area (Å²) in [6, 6.07) is 7.63. The van der Waals surface area contributed by atoms with E-state index in [0.29, 0.717) is 18.7 Å². The molecule has 0 radical (unpaired) electrons. The average molecular weight is 304 g/mol. The van der Waals surface area contributed by atoms with E-state index in [2.05, 4.69) is 27.9 Å². The first-order chi connectivity index (χ1) is 10.7. The van der Waals surface area contributed by atoms with Gasteiger partial charge in [0.15, 0.2) is 5.96 Å². The van der Waals surface area contributed by atoms with Crippen molar-refractivity contribution in [3.8, 4) is 0 Å². The van der Waals surface area contributed by atoms with Gasteiger partial charge >= 0.3 is 0 Å². The molecule has 0 unspecified atom stereocenters. The molecule has 0 heterocycles. The zero-order chi connectivity index (χ0) is 16.2. The smallest absolute Gasteiger partial charge is 0.251 e. The van der Waals surface area contributed by atoms with Crippen LogP contribution in [0.15, 0.2) is 29.3 Å². The van der Waals surface area contributed by atoms with Gasteiger partial charge in [-0.05, 0) is 31.0 Å². The summed E-state index contributed by atoms with van der Waals surface area (Å²) in [4.78, 5) is 16.0. The molecule has 22 heavy (non-hydrogen) atoms. The van der Waals surface area contributed by atoms with Crippen LogP contribution in [0.5, 0.6) is 0 Å². The third-order valence-electron chi connectivity index (χ3n) is 3.28. The number of guanidine groups is 1. The molecule has 0 aliphatic rings. The topological polar surface area (TPSA) is 65.5 Å². The Morgan fingerprint density at radius 1 is 1.14 bits per heavy atom. The van der Waals surface area contributed by atoms with Gasteiger partial charge in [-0.25, -0.2) is 0 Å². The van der Waals surface area contributed by atoms with Crippen LogP contribution in [-0.2, 0) is 6.54 Å². The fourth-order valence-corrected chi connectivity index (χ4v) is 2.07. The first-order valence-electron chi connectivity index (χ1n) is 8.02. The first kappa shape index (κ1) is 18.0. The van der Waals surface area contributed by atoms with Crippen LogP contribution < -0.4 is 16.0 Å². The van der Waals surface area contributed by atoms with Gasteiger partial charge in [0.1, 0.15) is 0 Å². The second kappa shape index (κ2) is 10.7. The van der Waals surface area contributed by atoms with Crippen LogP contribution in [0, 0.1) is 0 Å². The number of carbonyl (C=O) groups is 1. The van der Waals surface area contributed by atoms with E-state index in [9.17, 15) is 4.79 Å². The molecule has 0 aromatic heterocycles. The number of nitrogens with one attached hydrogen (secondary N) is 3. The van der Waals surface area contributed by atoms with E-state index in [1.54, 1.807) is 7.05 Å². The van der Waals surface area contributed by atoms with E-state index in [4.69, 9.17) is 0 Å². The molecule has 0 aliphatic carbocycles. The van der Waals surface area contributed by atoms with Crippen molar-refractivity contribution >= 4 is 11.9 Å². The minimum absolute atomic E-state index is 0.0357. The van der Waals surface area contributed by atoms with Crippen molar-refractivity contribution in [1.29, 1.82) is 0 Å². The van der Waals surface area contributed by atoms with Crippen molar-refractivity contribution in [1.82, 2.24) is 16.0 Å². The Hall–Kier alpha value is -2.04. The lowest BCUT2D eigenvalue weighted by molar-refractivity contribution is 0.0955. The van der Waals surface area contributed by atoms with Crippen molar-refractivity contribution in [3.63, 3.8) is 0 Å². The number of carbonyl (C=O) groups excluding carboxylic acids is 1. The van der Waals surface area contributed by atoms with Gasteiger partial charge in [0.2, 0.25) is 0 Å². The van der Waals surface area contributed by atoms with Gasteiger partial charge in [-0.1, -0.05) is 31.9 Å². The van der Waals surface area contributed by atoms with E-state index in [-0.39, 0.29) is 5.91 Å². The Kier molecular flexibility index (Phi) is 8.72. The third-order valence-corrected chi connectivity index (χ3v) is 3.28. The second-order valence-corrected chi connectivity index (χ2v) is 5.12. The minimum Gasteiger partial charge on any atom is -0.356 e. The lowest BCUT2D eigenvalue weighted by Gasteiger charge is -2.12. The Morgan fingerprint density at radius 3 is 2.64 bits per heavy atom. The van der Waals surface area contributed by atoms with Crippen molar-refractivity contribution in [2.75, 3.05) is 20.1 Å². The van der Waals surface area contributed by atoms with Crippen LogP contribution in [0.1, 0.15) is 49.0 Å². The molecule has 0 bridgehead atoms. The molecule has 122 valence electrons. The highest BCUT2D eigenvalue weighted by Crippen LogP contribution is 2.05. The lowest BCUT2D eigenvalue weighted by Crippen LogP contribution is -2.37. The zero-order valence-electron chi connectivity index (χ0n) is 13.9. The molecule has 0 saturated carbocycles. The quantitative estimate of drug-likeness (QED) is 0.392. The Bertz CT molecular complexity index is 485. The fourth-order valence-electron chi connectivity index (χ4n) is 2.07. The normalized spacial score (nSPS) is 11.1. The summed E-state index contributed by atoms with van der Waals surface area (Å²) in [5.41, 5.74) is 1.74.